The first-order valence-electron chi connectivity index (χ1n) is 10.2. The molecule has 5 rings (SSSR count). The molecule has 0 spiro atoms. The predicted molar refractivity (Wildman–Crippen MR) is 115 cm³/mol. The molecule has 2 aliphatic heterocycles. The molecule has 2 aromatic heterocycles. The topological polar surface area (TPSA) is 113 Å². The molecular formula is C21H27N7O. The number of allylic oxidation sites excluding steroid dienone is 2. The van der Waals surface area contributed by atoms with Gasteiger partial charge in [-0.2, -0.15) is 0 Å². The number of fused-ring (bicyclic) bond motifs is 3. The minimum absolute atomic E-state index is 0.261. The van der Waals surface area contributed by atoms with Crippen molar-refractivity contribution in [3.8, 4) is 0 Å². The van der Waals surface area contributed by atoms with Crippen molar-refractivity contribution in [2.45, 2.75) is 44.7 Å². The van der Waals surface area contributed by atoms with Crippen LogP contribution in [0.3, 0.4) is 0 Å². The number of nitrogens with zero attached hydrogens (tertiary/aromatic N) is 4. The van der Waals surface area contributed by atoms with E-state index >= 15 is 0 Å². The van der Waals surface area contributed by atoms with Crippen molar-refractivity contribution < 1.29 is 4.79 Å². The summed E-state index contributed by atoms with van der Waals surface area (Å²) in [7, 11) is 0. The van der Waals surface area contributed by atoms with Gasteiger partial charge in [0.15, 0.2) is 5.65 Å². The molecule has 0 aromatic carbocycles. The second-order valence-electron chi connectivity index (χ2n) is 8.07. The summed E-state index contributed by atoms with van der Waals surface area (Å²) < 4.78 is 0. The van der Waals surface area contributed by atoms with Crippen molar-refractivity contribution in [3.63, 3.8) is 0 Å². The van der Waals surface area contributed by atoms with Gasteiger partial charge in [0.25, 0.3) is 0 Å². The Bertz CT molecular complexity index is 932. The maximum atomic E-state index is 11.3. The number of rotatable bonds is 5. The monoisotopic (exact) mass is 393 g/mol. The molecule has 3 aliphatic rings. The molecule has 2 unspecified atom stereocenters. The van der Waals surface area contributed by atoms with Crippen molar-refractivity contribution in [1.82, 2.24) is 19.9 Å². The molecule has 0 radical (unpaired) electrons. The zero-order valence-corrected chi connectivity index (χ0v) is 16.6. The Labute approximate surface area is 170 Å². The first-order valence-corrected chi connectivity index (χ1v) is 10.2. The van der Waals surface area contributed by atoms with E-state index in [-0.39, 0.29) is 12.1 Å². The van der Waals surface area contributed by atoms with E-state index < -0.39 is 0 Å². The number of aromatic amines is 1. The van der Waals surface area contributed by atoms with Crippen LogP contribution in [0.4, 0.5) is 5.69 Å². The zero-order valence-electron chi connectivity index (χ0n) is 16.6. The van der Waals surface area contributed by atoms with Gasteiger partial charge in [0.2, 0.25) is 6.41 Å². The third-order valence-electron chi connectivity index (χ3n) is 5.93. The average molecular weight is 393 g/mol. The molecule has 1 amide bonds. The zero-order chi connectivity index (χ0) is 20.4. The number of aromatic nitrogens is 3. The first kappa shape index (κ1) is 19.3. The van der Waals surface area contributed by atoms with Crippen LogP contribution < -0.4 is 4.90 Å². The predicted octanol–water partition coefficient (Wildman–Crippen LogP) is 2.87. The van der Waals surface area contributed by atoms with Crippen LogP contribution in [0.25, 0.3) is 16.7 Å². The van der Waals surface area contributed by atoms with Gasteiger partial charge in [0, 0.05) is 49.4 Å². The van der Waals surface area contributed by atoms with Crippen LogP contribution in [0.2, 0.25) is 0 Å². The number of imidazole rings is 1. The van der Waals surface area contributed by atoms with Crippen molar-refractivity contribution >= 4 is 41.3 Å². The van der Waals surface area contributed by atoms with Gasteiger partial charge in [-0.3, -0.25) is 4.79 Å². The fourth-order valence-corrected chi connectivity index (χ4v) is 4.05. The number of hydrogen-bond donors (Lipinski definition) is 3. The van der Waals surface area contributed by atoms with Gasteiger partial charge in [0.05, 0.1) is 5.69 Å². The lowest BCUT2D eigenvalue weighted by Gasteiger charge is -2.40. The number of H-pyrrole nitrogens is 1. The maximum absolute atomic E-state index is 11.3. The van der Waals surface area contributed by atoms with E-state index in [1.54, 1.807) is 6.20 Å². The minimum atomic E-state index is 0.261. The lowest BCUT2D eigenvalue weighted by atomic mass is 10.2. The normalized spacial score (nSPS) is 23.6. The number of carbonyl (C=O) groups is 1. The Morgan fingerprint density at radius 1 is 1.21 bits per heavy atom. The summed E-state index contributed by atoms with van der Waals surface area (Å²) in [6.07, 6.45) is 11.6. The summed E-state index contributed by atoms with van der Waals surface area (Å²) in [5.74, 6) is 1.61. The van der Waals surface area contributed by atoms with Crippen molar-refractivity contribution in [2.24, 2.45) is 5.92 Å². The number of carbonyl (C=O) groups excluding carboxylic acids is 1. The summed E-state index contributed by atoms with van der Waals surface area (Å²) >= 11 is 0. The third-order valence-corrected chi connectivity index (χ3v) is 5.93. The van der Waals surface area contributed by atoms with Crippen molar-refractivity contribution in [3.05, 3.63) is 24.2 Å². The molecule has 1 aliphatic carbocycles. The van der Waals surface area contributed by atoms with Gasteiger partial charge in [-0.1, -0.05) is 19.8 Å². The molecule has 3 fully saturated rings. The van der Waals surface area contributed by atoms with E-state index in [1.165, 1.54) is 25.1 Å². The number of pyridine rings is 1. The summed E-state index contributed by atoms with van der Waals surface area (Å²) in [6.45, 7) is 3.88. The van der Waals surface area contributed by atoms with Gasteiger partial charge in [0.1, 0.15) is 11.3 Å². The second kappa shape index (κ2) is 8.14. The minimum Gasteiger partial charge on any atom is -0.366 e. The SMILES string of the molecule is CC1CC1.N=C/C=C(\C=N)c1nc2nccc(N3CC4CCC(C3)N4C=O)c2[nH]1. The summed E-state index contributed by atoms with van der Waals surface area (Å²) in [4.78, 5) is 27.6. The third kappa shape index (κ3) is 3.92. The Morgan fingerprint density at radius 2 is 1.90 bits per heavy atom. The molecule has 2 aromatic rings. The number of hydrogen-bond acceptors (Lipinski definition) is 6. The Kier molecular flexibility index (Phi) is 5.42. The van der Waals surface area contributed by atoms with Crippen molar-refractivity contribution in [1.29, 1.82) is 10.8 Å². The van der Waals surface area contributed by atoms with Gasteiger partial charge in [-0.25, -0.2) is 9.97 Å². The lowest BCUT2D eigenvalue weighted by Crippen LogP contribution is -2.53. The van der Waals surface area contributed by atoms with E-state index in [0.717, 1.165) is 55.7 Å². The smallest absolute Gasteiger partial charge is 0.210 e. The molecule has 1 saturated carbocycles. The van der Waals surface area contributed by atoms with Crippen molar-refractivity contribution in [2.75, 3.05) is 18.0 Å². The van der Waals surface area contributed by atoms with Crippen LogP contribution in [0, 0.1) is 16.7 Å². The fraction of sp³-hybridized carbons (Fsp3) is 0.476. The number of amides is 1. The number of anilines is 1. The average Bonchev–Trinajstić information content (AvgIpc) is 3.32. The largest absolute Gasteiger partial charge is 0.366 e. The van der Waals surface area contributed by atoms with Crippen LogP contribution >= 0.6 is 0 Å². The highest BCUT2D eigenvalue weighted by molar-refractivity contribution is 6.11. The van der Waals surface area contributed by atoms with Gasteiger partial charge in [-0.05, 0) is 30.9 Å². The van der Waals surface area contributed by atoms with E-state index in [9.17, 15) is 4.79 Å². The Hall–Kier alpha value is -3.03. The van der Waals surface area contributed by atoms with Gasteiger partial charge in [-0.15, -0.1) is 0 Å². The number of piperazine rings is 1. The maximum Gasteiger partial charge on any atom is 0.210 e. The van der Waals surface area contributed by atoms with Crippen LogP contribution in [0.1, 0.15) is 38.4 Å². The molecule has 8 heteroatoms. The molecule has 2 atom stereocenters. The molecule has 8 nitrogen and oxygen atoms in total. The summed E-state index contributed by atoms with van der Waals surface area (Å²) in [6, 6.07) is 2.48. The lowest BCUT2D eigenvalue weighted by molar-refractivity contribution is -0.121. The highest BCUT2D eigenvalue weighted by Gasteiger charge is 2.39. The van der Waals surface area contributed by atoms with E-state index in [2.05, 4.69) is 26.8 Å². The van der Waals surface area contributed by atoms with Crippen LogP contribution in [-0.4, -0.2) is 63.9 Å². The van der Waals surface area contributed by atoms with E-state index in [1.807, 2.05) is 11.0 Å². The molecule has 152 valence electrons. The first-order chi connectivity index (χ1) is 14.1. The molecular weight excluding hydrogens is 366 g/mol. The van der Waals surface area contributed by atoms with Gasteiger partial charge < -0.3 is 25.6 Å². The molecule has 3 N–H and O–H groups in total. The summed E-state index contributed by atoms with van der Waals surface area (Å²) in [5, 5.41) is 14.7. The van der Waals surface area contributed by atoms with Crippen LogP contribution in [0.5, 0.6) is 0 Å². The van der Waals surface area contributed by atoms with Crippen LogP contribution in [0.15, 0.2) is 18.3 Å². The van der Waals surface area contributed by atoms with Crippen LogP contribution in [-0.2, 0) is 4.79 Å². The van der Waals surface area contributed by atoms with E-state index in [0.29, 0.717) is 17.0 Å². The van der Waals surface area contributed by atoms with E-state index in [4.69, 9.17) is 10.8 Å². The second-order valence-corrected chi connectivity index (χ2v) is 8.07. The quantitative estimate of drug-likeness (QED) is 0.535. The van der Waals surface area contributed by atoms with Gasteiger partial charge >= 0.3 is 0 Å². The number of nitrogens with one attached hydrogen (secondary N) is 3. The highest BCUT2D eigenvalue weighted by Crippen LogP contribution is 2.34. The Morgan fingerprint density at radius 3 is 2.45 bits per heavy atom. The fourth-order valence-electron chi connectivity index (χ4n) is 4.05. The molecule has 29 heavy (non-hydrogen) atoms. The molecule has 2 bridgehead atoms. The highest BCUT2D eigenvalue weighted by atomic mass is 16.1. The molecule has 2 saturated heterocycles. The summed E-state index contributed by atoms with van der Waals surface area (Å²) in [5.41, 5.74) is 2.97. The Balaban J connectivity index is 0.000000458. The standard InChI is InChI=1S/C17H19N7O.C4H8/c18-5-3-11(7-19)16-21-15-14(4-6-20-17(15)22-16)23-8-12-1-2-13(9-23)24(12)10-25;1-4-2-3-4/h3-7,10,12-13,18-19H,1-2,8-9H2,(H,20,21,22);4H,2-3H2,1H3/b11-3+,18-5?,19-7?;. The molecule has 4 heterocycles.